The molecule has 6 aromatic carbocycles. The predicted octanol–water partition coefficient (Wildman–Crippen LogP) is 38.4. The predicted molar refractivity (Wildman–Crippen MR) is 623 cm³/mol. The highest BCUT2D eigenvalue weighted by molar-refractivity contribution is 5.80. The molecular weight excluding hydrogens is 1670 g/mol. The van der Waals surface area contributed by atoms with Crippen LogP contribution in [0.1, 0.15) is 351 Å². The van der Waals surface area contributed by atoms with Crippen LogP contribution < -0.4 is 9.64 Å². The lowest BCUT2D eigenvalue weighted by Crippen LogP contribution is -2.26. The van der Waals surface area contributed by atoms with Crippen LogP contribution in [0, 0.1) is 53.3 Å². The summed E-state index contributed by atoms with van der Waals surface area (Å²) in [7, 11) is 10.4. The Hall–Kier alpha value is -9.72. The summed E-state index contributed by atoms with van der Waals surface area (Å²) in [6.07, 6.45) is 23.8. The number of anilines is 1. The summed E-state index contributed by atoms with van der Waals surface area (Å²) in [5.41, 5.74) is 14.0. The number of para-hydroxylation sites is 5. The number of likely N-dealkylation sites (N-methyl/N-ethyl adjacent to an activating group) is 1. The van der Waals surface area contributed by atoms with E-state index in [9.17, 15) is 0 Å². The van der Waals surface area contributed by atoms with Crippen molar-refractivity contribution in [1.29, 1.82) is 0 Å². The molecular formula is C124H217N12O+. The lowest BCUT2D eigenvalue weighted by Gasteiger charge is -2.26. The number of nitrogens with zero attached hydrogens (tertiary/aromatic N) is 12. The van der Waals surface area contributed by atoms with Crippen LogP contribution in [0.15, 0.2) is 261 Å². The Labute approximate surface area is 849 Å². The molecule has 4 aliphatic heterocycles. The number of fused-ring (bicyclic) bond motifs is 7. The van der Waals surface area contributed by atoms with Crippen molar-refractivity contribution in [2.24, 2.45) is 72.5 Å². The highest BCUT2D eigenvalue weighted by atomic mass is 16.5. The summed E-state index contributed by atoms with van der Waals surface area (Å²) in [5.74, 6) is 8.58. The van der Waals surface area contributed by atoms with Crippen molar-refractivity contribution in [3.8, 4) is 5.75 Å². The third kappa shape index (κ3) is 96.3. The number of pyridine rings is 2. The van der Waals surface area contributed by atoms with E-state index >= 15 is 0 Å². The van der Waals surface area contributed by atoms with Crippen LogP contribution in [0.4, 0.5) is 11.4 Å². The van der Waals surface area contributed by atoms with Gasteiger partial charge in [-0.3, -0.25) is 15.0 Å². The van der Waals surface area contributed by atoms with Gasteiger partial charge < -0.3 is 23.7 Å². The molecule has 12 aromatic rings. The van der Waals surface area contributed by atoms with E-state index in [1.54, 1.807) is 43.2 Å². The first-order chi connectivity index (χ1) is 65.3. The summed E-state index contributed by atoms with van der Waals surface area (Å²) in [4.78, 5) is 28.3. The molecule has 1 atom stereocenters. The number of azo groups is 2. The summed E-state index contributed by atoms with van der Waals surface area (Å²) < 4.78 is 11.5. The standard InChI is InChI=1S/2C10H13N.C9H11N2.C9H9N.C9H10O.C8H8N2.C8H6N2.C5H5N.C4H4N2.9C4H10.8C2H6/c1-11-8-4-6-9-5-2-3-7-10(9)11;1-11-7-6-9-4-2-3-5-10(9)8-11;1-7-8-5-3-4-6-9(8)10-11(7)2;1-10-7-6-8-4-2-3-5-9(8)10;1-2-6-9-8(4-1)5-3-7-10-9;1-10-6-4-7-3-2-5-9-8(7)10;1-2-4-8-7(3-1)9-5-6-10-8;1-2-4-6-5-3-1;1-2-5-4-6-3-1;9*1-4(2)3;8*1-2/h2-3,5,7H,4,6,8H2,1H3;2-5H,6-8H2,1H3;3-7H,1-2H3;2-7H,1H3;1-2,4,6H,3,5,7H2;2-6H,1H3;1-6H;1-5H;1-4H;9*4H,1-3H3;8*1-2H3/q;;+1;;;;;;;;;;;;;;;;;;;;;;;. The number of aromatic nitrogens is 8. The van der Waals surface area contributed by atoms with E-state index in [-0.39, 0.29) is 0 Å². The number of hydrogen-bond acceptors (Lipinski definition) is 10. The van der Waals surface area contributed by atoms with Crippen molar-refractivity contribution in [1.82, 2.24) is 43.9 Å². The molecule has 0 N–H and O–H groups in total. The number of aryl methyl sites for hydroxylation is 4. The van der Waals surface area contributed by atoms with E-state index in [1.807, 2.05) is 213 Å². The van der Waals surface area contributed by atoms with Gasteiger partial charge in [-0.15, -0.1) is 4.70 Å². The summed E-state index contributed by atoms with van der Waals surface area (Å²) in [6.45, 7) is 97.1. The van der Waals surface area contributed by atoms with Gasteiger partial charge in [0.25, 0.3) is 0 Å². The Morgan fingerprint density at radius 2 is 0.701 bits per heavy atom. The maximum Gasteiger partial charge on any atom is 0.202 e. The van der Waals surface area contributed by atoms with Crippen molar-refractivity contribution in [3.05, 3.63) is 284 Å². The Morgan fingerprint density at radius 3 is 1.11 bits per heavy atom. The minimum absolute atomic E-state index is 0.436. The molecule has 13 heteroatoms. The van der Waals surface area contributed by atoms with Crippen LogP contribution in [0.2, 0.25) is 0 Å². The van der Waals surface area contributed by atoms with E-state index in [2.05, 4.69) is 392 Å². The van der Waals surface area contributed by atoms with Crippen LogP contribution >= 0.6 is 0 Å². The third-order valence-electron chi connectivity index (χ3n) is 14.5. The SMILES string of the molecule is CC.CC.CC.CC.CC.CC.CC.CC.CC(C)C.CC(C)C.CC(C)C.CC(C)C.CC(C)C.CC(C)C.CC(C)C.CC(C)C.CC(C)C.CC1c2ccccc2N=[N+]1C.CN1CCCc2ccccc21.CN1CCc2ccccc2C1.Cn1ccc2ccccc21.Cn1ccc2cccnc21.c1ccc2c(c1)CCCO2.c1ccc2nccnc2c1.c1ccncc1.c1cncnc1. The Bertz CT molecular complexity index is 4030. The van der Waals surface area contributed by atoms with Crippen LogP contribution in [0.5, 0.6) is 5.75 Å². The van der Waals surface area contributed by atoms with Crippen LogP contribution in [-0.4, -0.2) is 89.5 Å². The molecule has 778 valence electrons. The molecule has 1 unspecified atom stereocenters. The smallest absolute Gasteiger partial charge is 0.202 e. The van der Waals surface area contributed by atoms with Gasteiger partial charge in [0.15, 0.2) is 7.05 Å². The summed E-state index contributed by atoms with van der Waals surface area (Å²) in [6, 6.07) is 66.2. The minimum Gasteiger partial charge on any atom is -0.493 e. The first kappa shape index (κ1) is 148. The second kappa shape index (κ2) is 107. The molecule has 137 heavy (non-hydrogen) atoms. The Kier molecular flexibility index (Phi) is 115. The lowest BCUT2D eigenvalue weighted by atomic mass is 10.0. The maximum absolute atomic E-state index is 5.42. The van der Waals surface area contributed by atoms with E-state index in [4.69, 9.17) is 4.74 Å². The number of ether oxygens (including phenoxy) is 1. The van der Waals surface area contributed by atoms with Gasteiger partial charge in [0.2, 0.25) is 6.04 Å². The van der Waals surface area contributed by atoms with Gasteiger partial charge >= 0.3 is 0 Å². The molecule has 13 nitrogen and oxygen atoms in total. The van der Waals surface area contributed by atoms with E-state index in [0.29, 0.717) is 6.04 Å². The van der Waals surface area contributed by atoms with Gasteiger partial charge in [0, 0.05) is 120 Å². The van der Waals surface area contributed by atoms with Crippen molar-refractivity contribution < 1.29 is 9.43 Å². The molecule has 0 saturated carbocycles. The molecule has 0 aliphatic carbocycles. The van der Waals surface area contributed by atoms with Crippen LogP contribution in [0.3, 0.4) is 0 Å². The molecule has 4 aliphatic rings. The lowest BCUT2D eigenvalue weighted by molar-refractivity contribution is -0.594. The third-order valence-corrected chi connectivity index (χ3v) is 14.5. The second-order valence-corrected chi connectivity index (χ2v) is 36.3. The minimum atomic E-state index is 0.436. The molecule has 0 radical (unpaired) electrons. The number of hydrogen-bond donors (Lipinski definition) is 0. The maximum atomic E-state index is 5.42. The monoisotopic (exact) mass is 1890 g/mol. The van der Waals surface area contributed by atoms with Crippen molar-refractivity contribution in [3.63, 3.8) is 0 Å². The van der Waals surface area contributed by atoms with Crippen LogP contribution in [0.25, 0.3) is 33.0 Å². The molecule has 0 saturated heterocycles. The van der Waals surface area contributed by atoms with Gasteiger partial charge in [-0.2, -0.15) is 0 Å². The highest BCUT2D eigenvalue weighted by Gasteiger charge is 2.26. The molecule has 16 rings (SSSR count). The van der Waals surface area contributed by atoms with Gasteiger partial charge in [-0.05, 0) is 210 Å². The molecule has 0 fully saturated rings. The van der Waals surface area contributed by atoms with E-state index in [1.165, 1.54) is 94.9 Å². The van der Waals surface area contributed by atoms with E-state index in [0.717, 1.165) is 101 Å². The number of rotatable bonds is 0. The summed E-state index contributed by atoms with van der Waals surface area (Å²) >= 11 is 0. The average molecular weight is 1890 g/mol. The van der Waals surface area contributed by atoms with Crippen molar-refractivity contribution in [2.45, 2.75) is 349 Å². The zero-order valence-corrected chi connectivity index (χ0v) is 98.2. The van der Waals surface area contributed by atoms with Crippen molar-refractivity contribution in [2.75, 3.05) is 45.7 Å². The molecule has 0 bridgehead atoms. The molecule has 0 amide bonds. The topological polar surface area (TPSA) is 118 Å². The first-order valence-electron chi connectivity index (χ1n) is 52.7. The fourth-order valence-corrected chi connectivity index (χ4v) is 9.84. The normalized spacial score (nSPS) is 11.3. The van der Waals surface area contributed by atoms with E-state index < -0.39 is 0 Å². The van der Waals surface area contributed by atoms with Gasteiger partial charge in [-0.25, -0.2) is 15.0 Å². The second-order valence-electron chi connectivity index (χ2n) is 36.3. The Morgan fingerprint density at radius 1 is 0.321 bits per heavy atom. The van der Waals surface area contributed by atoms with Crippen molar-refractivity contribution >= 4 is 44.3 Å². The van der Waals surface area contributed by atoms with Gasteiger partial charge in [0.1, 0.15) is 23.4 Å². The fourth-order valence-electron chi connectivity index (χ4n) is 9.84. The molecule has 0 spiro atoms. The van der Waals surface area contributed by atoms with Gasteiger partial charge in [0.05, 0.1) is 23.2 Å². The zero-order chi connectivity index (χ0) is 107. The van der Waals surface area contributed by atoms with Gasteiger partial charge in [-0.1, -0.05) is 407 Å². The molecule has 6 aromatic heterocycles. The zero-order valence-electron chi connectivity index (χ0n) is 98.2. The van der Waals surface area contributed by atoms with Crippen LogP contribution in [-0.2, 0) is 39.9 Å². The average Bonchev–Trinajstić information content (AvgIpc) is 1.69. The highest BCUT2D eigenvalue weighted by Crippen LogP contribution is 2.33. The molecule has 10 heterocycles. The summed E-state index contributed by atoms with van der Waals surface area (Å²) in [5, 5.41) is 6.88. The Balaban J connectivity index is -0.000000157. The first-order valence-corrected chi connectivity index (χ1v) is 52.7. The fraction of sp³-hybridized carbons (Fsp3) is 0.548. The number of benzene rings is 6. The largest absolute Gasteiger partial charge is 0.493 e. The quantitative estimate of drug-likeness (QED) is 0.137.